The first kappa shape index (κ1) is 48.7. The van der Waals surface area contributed by atoms with E-state index < -0.39 is 13.9 Å². The molecule has 8 nitrogen and oxygen atoms in total. The Bertz CT molecular complexity index is 982. The molecule has 2 saturated heterocycles. The molecule has 2 rings (SSSR count). The first-order valence-electron chi connectivity index (χ1n) is 22.0. The van der Waals surface area contributed by atoms with E-state index >= 15 is 0 Å². The van der Waals surface area contributed by atoms with Crippen LogP contribution in [-0.2, 0) is 40.8 Å². The Morgan fingerprint density at radius 2 is 0.887 bits per heavy atom. The summed E-state index contributed by atoms with van der Waals surface area (Å²) in [6.07, 6.45) is 26.1. The zero-order chi connectivity index (χ0) is 39.4. The number of ether oxygens (including phenoxy) is 1. The molecule has 317 valence electrons. The Morgan fingerprint density at radius 1 is 0.528 bits per heavy atom. The van der Waals surface area contributed by atoms with Gasteiger partial charge in [-0.2, -0.15) is 5.06 Å². The van der Waals surface area contributed by atoms with Gasteiger partial charge in [0.25, 0.3) is 0 Å². The molecule has 2 aliphatic rings. The van der Waals surface area contributed by atoms with E-state index in [2.05, 4.69) is 79.4 Å². The van der Waals surface area contributed by atoms with E-state index in [1.807, 2.05) is 0 Å². The van der Waals surface area contributed by atoms with Crippen molar-refractivity contribution < 1.29 is 40.8 Å². The minimum Gasteiger partial charge on any atom is -0.0444 e. The number of nitrogens with zero attached hydrogens (tertiary/aromatic N) is 2. The van der Waals surface area contributed by atoms with Gasteiger partial charge in [-0.05, 0) is 34.1 Å². The monoisotopic (exact) mass is 798 g/mol. The van der Waals surface area contributed by atoms with Gasteiger partial charge in [-0.25, -0.2) is 0 Å². The third-order valence-corrected chi connectivity index (χ3v) is 12.9. The molecular formula is C44H86CoN2O6. The molecule has 0 atom stereocenters. The van der Waals surface area contributed by atoms with Gasteiger partial charge in [0.2, 0.25) is 0 Å². The largest absolute Gasteiger partial charge is 0.0448 e. The number of hydroxylamine groups is 4. The van der Waals surface area contributed by atoms with Crippen molar-refractivity contribution in [2.24, 2.45) is 0 Å². The van der Waals surface area contributed by atoms with Crippen LogP contribution in [0.15, 0.2) is 0 Å². The molecular weight excluding hydrogens is 711 g/mol. The van der Waals surface area contributed by atoms with E-state index in [1.165, 1.54) is 64.2 Å². The number of hydrogen-bond donors (Lipinski definition) is 0. The van der Waals surface area contributed by atoms with E-state index in [9.17, 15) is 8.66 Å². The van der Waals surface area contributed by atoms with E-state index in [1.54, 1.807) is 0 Å². The third-order valence-electron chi connectivity index (χ3n) is 11.2. The summed E-state index contributed by atoms with van der Waals surface area (Å²) in [5.41, 5.74) is -0.758. The first-order valence-corrected chi connectivity index (χ1v) is 23.5. The van der Waals surface area contributed by atoms with Crippen molar-refractivity contribution in [3.63, 3.8) is 0 Å². The van der Waals surface area contributed by atoms with Crippen molar-refractivity contribution >= 4 is 5.97 Å². The zero-order valence-corrected chi connectivity index (χ0v) is 37.5. The number of esters is 1. The van der Waals surface area contributed by atoms with Crippen molar-refractivity contribution in [1.82, 2.24) is 10.1 Å². The number of carbonyl (C=O) groups is 1. The van der Waals surface area contributed by atoms with E-state index in [0.29, 0.717) is 13.0 Å². The first-order chi connectivity index (χ1) is 25.1. The second-order valence-electron chi connectivity index (χ2n) is 18.8. The summed E-state index contributed by atoms with van der Waals surface area (Å²) in [5.74, 6) is -0.0626. The fourth-order valence-corrected chi connectivity index (χ4v) is 10.9. The van der Waals surface area contributed by atoms with Crippen molar-refractivity contribution in [2.75, 3.05) is 19.8 Å². The van der Waals surface area contributed by atoms with Gasteiger partial charge in [-0.3, -0.25) is 4.84 Å². The van der Waals surface area contributed by atoms with Gasteiger partial charge in [0.05, 0.1) is 6.61 Å². The number of hydrogen-bond acceptors (Lipinski definition) is 8. The quantitative estimate of drug-likeness (QED) is 0.0547. The molecule has 0 N–H and O–H groups in total. The van der Waals surface area contributed by atoms with E-state index in [0.717, 1.165) is 96.7 Å². The molecule has 0 aromatic heterocycles. The van der Waals surface area contributed by atoms with Gasteiger partial charge < -0.3 is 0 Å². The summed E-state index contributed by atoms with van der Waals surface area (Å²) in [4.78, 5) is 25.5. The predicted octanol–water partition coefficient (Wildman–Crippen LogP) is 12.6. The molecule has 53 heavy (non-hydrogen) atoms. The molecule has 0 bridgehead atoms. The van der Waals surface area contributed by atoms with Crippen molar-refractivity contribution in [2.45, 2.75) is 256 Å². The number of piperidine rings is 2. The second-order valence-corrected chi connectivity index (χ2v) is 20.6. The molecule has 2 heterocycles. The molecule has 0 aliphatic carbocycles. The van der Waals surface area contributed by atoms with Gasteiger partial charge in [0, 0.05) is 23.9 Å². The Labute approximate surface area is 332 Å². The van der Waals surface area contributed by atoms with E-state index in [4.69, 9.17) is 18.3 Å². The molecule has 0 radical (unpaired) electrons. The fraction of sp³-hybridized carbons (Fsp3) is 0.977. The predicted molar refractivity (Wildman–Crippen MR) is 214 cm³/mol. The van der Waals surface area contributed by atoms with Crippen LogP contribution in [0, 0.1) is 0 Å². The van der Waals surface area contributed by atoms with Crippen LogP contribution in [0.3, 0.4) is 0 Å². The smallest absolute Gasteiger partial charge is 0.0444 e. The van der Waals surface area contributed by atoms with Crippen LogP contribution in [0.1, 0.15) is 223 Å². The summed E-state index contributed by atoms with van der Waals surface area (Å²) in [6.45, 7) is 24.3. The molecule has 9 heteroatoms. The molecule has 0 aromatic carbocycles. The Morgan fingerprint density at radius 3 is 1.32 bits per heavy atom. The van der Waals surface area contributed by atoms with Gasteiger partial charge >= 0.3 is 207 Å². The van der Waals surface area contributed by atoms with E-state index in [-0.39, 0.29) is 39.1 Å². The topological polar surface area (TPSA) is 77.5 Å². The number of rotatable bonds is 29. The van der Waals surface area contributed by atoms with Crippen LogP contribution in [0.2, 0.25) is 4.85 Å². The van der Waals surface area contributed by atoms with Gasteiger partial charge in [-0.15, -0.1) is 0 Å². The maximum absolute atomic E-state index is 13.2. The Balaban J connectivity index is 1.55. The van der Waals surface area contributed by atoms with Crippen molar-refractivity contribution in [3.8, 4) is 0 Å². The van der Waals surface area contributed by atoms with Crippen LogP contribution in [0.25, 0.3) is 0 Å². The average molecular weight is 798 g/mol. The van der Waals surface area contributed by atoms with Gasteiger partial charge in [0.1, 0.15) is 6.10 Å². The normalized spacial score (nSPS) is 20.8. The fourth-order valence-electron chi connectivity index (χ4n) is 8.93. The van der Waals surface area contributed by atoms with Crippen LogP contribution in [0.5, 0.6) is 0 Å². The van der Waals surface area contributed by atoms with Crippen LogP contribution in [0.4, 0.5) is 0 Å². The van der Waals surface area contributed by atoms with Crippen molar-refractivity contribution in [3.05, 3.63) is 0 Å². The second kappa shape index (κ2) is 25.0. The number of carbonyl (C=O) groups excluding carboxylic acids is 1. The van der Waals surface area contributed by atoms with Gasteiger partial charge in [-0.1, -0.05) is 46.0 Å². The van der Waals surface area contributed by atoms with Crippen LogP contribution >= 0.6 is 0 Å². The molecule has 2 aliphatic heterocycles. The molecule has 0 saturated carbocycles. The third kappa shape index (κ3) is 18.6. The zero-order valence-electron chi connectivity index (χ0n) is 36.4. The van der Waals surface area contributed by atoms with Crippen LogP contribution < -0.4 is 0 Å². The molecule has 0 unspecified atom stereocenters. The Hall–Kier alpha value is -0.424. The maximum Gasteiger partial charge on any atom is 0.0448 e. The molecule has 0 aromatic rings. The summed E-state index contributed by atoms with van der Waals surface area (Å²) >= 11 is -1.68. The van der Waals surface area contributed by atoms with Gasteiger partial charge in [0.15, 0.2) is 0 Å². The minimum atomic E-state index is -1.68. The average Bonchev–Trinajstić information content (AvgIpc) is 3.05. The molecule has 0 amide bonds. The molecule has 0 spiro atoms. The summed E-state index contributed by atoms with van der Waals surface area (Å²) < 4.78 is 25.2. The summed E-state index contributed by atoms with van der Waals surface area (Å²) in [6, 6.07) is 0. The standard InChI is InChI=1S/C27H52NO4.C17H34NO.Co.O/c1-6-7-8-9-15-18-21-31-28-26(2,3)22-24(23-27(28,4)5)32-25(30)19-16-13-11-10-12-14-17-20-29;1-6-7-8-9-10-11-15-19-18-16(2,3)13-12-14-17(18,4)5;;/h24H,6-23H2,1-5H3;12H,6-11,13-15H2,1-5H3;;/q-1;;+1;. The molecule has 2 fully saturated rings. The maximum atomic E-state index is 13.2. The van der Waals surface area contributed by atoms with Crippen molar-refractivity contribution in [1.29, 1.82) is 0 Å². The Kier molecular flexibility index (Phi) is 23.0. The number of unbranched alkanes of at least 4 members (excludes halogenated alkanes) is 16. The SMILES string of the molecule is CCCCCCCCON1C(C)(C)CC(OC(=O)CCCCCCCCC[O][Co](=[O])[CH]2CC(C)(C)N(OCCCCCCCC)C(C)(C)C2)CC1(C)C. The summed E-state index contributed by atoms with van der Waals surface area (Å²) in [7, 11) is 0. The van der Waals surface area contributed by atoms with Crippen LogP contribution in [-0.4, -0.2) is 64.2 Å². The summed E-state index contributed by atoms with van der Waals surface area (Å²) in [5, 5.41) is 4.37. The minimum absolute atomic E-state index is 0.0487.